The lowest BCUT2D eigenvalue weighted by atomic mass is 10.2. The molecule has 0 aliphatic rings. The molecule has 0 fully saturated rings. The third kappa shape index (κ3) is 4.90. The van der Waals surface area contributed by atoms with Crippen LogP contribution in [0.5, 0.6) is 0 Å². The summed E-state index contributed by atoms with van der Waals surface area (Å²) in [6.45, 7) is -3.25. The first-order chi connectivity index (χ1) is 8.41. The zero-order valence-corrected chi connectivity index (χ0v) is 8.86. The van der Waals surface area contributed by atoms with Gasteiger partial charge in [0.05, 0.1) is 0 Å². The summed E-state index contributed by atoms with van der Waals surface area (Å²) in [5.74, 6) is -12.9. The van der Waals surface area contributed by atoms with E-state index in [9.17, 15) is 52.7 Å². The second kappa shape index (κ2) is 5.15. The molecular formula is C7H4F12O. The quantitative estimate of drug-likeness (QED) is 0.679. The van der Waals surface area contributed by atoms with E-state index >= 15 is 0 Å². The van der Waals surface area contributed by atoms with Crippen molar-refractivity contribution in [3.8, 4) is 0 Å². The number of rotatable bonds is 5. The van der Waals surface area contributed by atoms with Gasteiger partial charge in [0.1, 0.15) is 13.0 Å². The van der Waals surface area contributed by atoms with E-state index in [1.54, 1.807) is 0 Å². The second-order valence-corrected chi connectivity index (χ2v) is 3.49. The summed E-state index contributed by atoms with van der Waals surface area (Å²) in [4.78, 5) is 0. The Morgan fingerprint density at radius 3 is 1.35 bits per heavy atom. The van der Waals surface area contributed by atoms with Gasteiger partial charge in [0.25, 0.3) is 0 Å². The van der Waals surface area contributed by atoms with Crippen LogP contribution in [-0.4, -0.2) is 36.9 Å². The number of hydrogen-bond donors (Lipinski definition) is 0. The van der Waals surface area contributed by atoms with Gasteiger partial charge in [-0.25, -0.2) is 0 Å². The molecule has 0 atom stereocenters. The Bertz CT molecular complexity index is 326. The van der Waals surface area contributed by atoms with Gasteiger partial charge in [0.15, 0.2) is 0 Å². The van der Waals surface area contributed by atoms with E-state index in [0.717, 1.165) is 0 Å². The fourth-order valence-electron chi connectivity index (χ4n) is 0.779. The Balaban J connectivity index is 4.88. The minimum Gasteiger partial charge on any atom is -0.314 e. The average Bonchev–Trinajstić information content (AvgIpc) is 2.09. The highest BCUT2D eigenvalue weighted by Crippen LogP contribution is 2.47. The SMILES string of the molecule is FC(F)(F)CC(F)(F)OCC(F)(F)C(F)(F)C(F)(F)F. The number of ether oxygens (including phenoxy) is 1. The molecule has 0 saturated carbocycles. The zero-order valence-electron chi connectivity index (χ0n) is 8.86. The highest BCUT2D eigenvalue weighted by atomic mass is 19.4. The molecule has 0 bridgehead atoms. The molecule has 0 aromatic carbocycles. The van der Waals surface area contributed by atoms with Gasteiger partial charge in [-0.3, -0.25) is 0 Å². The monoisotopic (exact) mass is 332 g/mol. The maximum Gasteiger partial charge on any atom is 0.459 e. The molecule has 0 N–H and O–H groups in total. The van der Waals surface area contributed by atoms with Crippen molar-refractivity contribution in [2.24, 2.45) is 0 Å². The van der Waals surface area contributed by atoms with Crippen LogP contribution in [0.15, 0.2) is 0 Å². The number of halogens is 12. The Morgan fingerprint density at radius 2 is 1.05 bits per heavy atom. The molecule has 0 rings (SSSR count). The topological polar surface area (TPSA) is 9.23 Å². The predicted molar refractivity (Wildman–Crippen MR) is 37.5 cm³/mol. The average molecular weight is 332 g/mol. The molecule has 122 valence electrons. The summed E-state index contributed by atoms with van der Waals surface area (Å²) in [5.41, 5.74) is 0. The van der Waals surface area contributed by atoms with Crippen molar-refractivity contribution in [1.82, 2.24) is 0 Å². The molecular weight excluding hydrogens is 328 g/mol. The third-order valence-corrected chi connectivity index (χ3v) is 1.69. The minimum atomic E-state index is -6.79. The third-order valence-electron chi connectivity index (χ3n) is 1.69. The predicted octanol–water partition coefficient (Wildman–Crippen LogP) is 4.38. The Hall–Kier alpha value is -0.880. The summed E-state index contributed by atoms with van der Waals surface area (Å²) in [6.07, 6.45) is -20.9. The molecule has 0 aromatic rings. The van der Waals surface area contributed by atoms with Gasteiger partial charge >= 0.3 is 30.3 Å². The molecule has 13 heteroatoms. The standard InChI is InChI=1S/C7H4F12O/c8-3(9,6(15,16)7(17,18)19)2-20-5(13,14)1-4(10,11)12/h1-2H2. The number of hydrogen-bond acceptors (Lipinski definition) is 1. The van der Waals surface area contributed by atoms with Crippen LogP contribution in [-0.2, 0) is 4.74 Å². The van der Waals surface area contributed by atoms with Crippen LogP contribution in [0.1, 0.15) is 6.42 Å². The summed E-state index contributed by atoms with van der Waals surface area (Å²) >= 11 is 0. The maximum atomic E-state index is 12.5. The van der Waals surface area contributed by atoms with Crippen LogP contribution in [0, 0.1) is 0 Å². The maximum absolute atomic E-state index is 12.5. The van der Waals surface area contributed by atoms with Crippen molar-refractivity contribution < 1.29 is 57.4 Å². The smallest absolute Gasteiger partial charge is 0.314 e. The summed E-state index contributed by atoms with van der Waals surface area (Å²) in [5, 5.41) is 0. The van der Waals surface area contributed by atoms with Gasteiger partial charge in [-0.05, 0) is 0 Å². The highest BCUT2D eigenvalue weighted by molar-refractivity contribution is 4.91. The van der Waals surface area contributed by atoms with E-state index in [1.807, 2.05) is 0 Å². The molecule has 20 heavy (non-hydrogen) atoms. The van der Waals surface area contributed by atoms with Gasteiger partial charge in [-0.1, -0.05) is 0 Å². The van der Waals surface area contributed by atoms with Crippen molar-refractivity contribution >= 4 is 0 Å². The van der Waals surface area contributed by atoms with Crippen molar-refractivity contribution in [2.75, 3.05) is 6.61 Å². The van der Waals surface area contributed by atoms with Gasteiger partial charge in [-0.2, -0.15) is 52.7 Å². The lowest BCUT2D eigenvalue weighted by Crippen LogP contribution is -2.55. The summed E-state index contributed by atoms with van der Waals surface area (Å²) in [6, 6.07) is 0. The van der Waals surface area contributed by atoms with Crippen molar-refractivity contribution in [3.63, 3.8) is 0 Å². The number of alkyl halides is 12. The lowest BCUT2D eigenvalue weighted by Gasteiger charge is -2.29. The lowest BCUT2D eigenvalue weighted by molar-refractivity contribution is -0.380. The van der Waals surface area contributed by atoms with Crippen LogP contribution < -0.4 is 0 Å². The van der Waals surface area contributed by atoms with Gasteiger partial charge in [0.2, 0.25) is 0 Å². The van der Waals surface area contributed by atoms with Gasteiger partial charge in [-0.15, -0.1) is 0 Å². The Labute approximate surface area is 102 Å². The van der Waals surface area contributed by atoms with Crippen LogP contribution in [0.2, 0.25) is 0 Å². The normalized spacial score (nSPS) is 15.6. The molecule has 0 unspecified atom stereocenters. The summed E-state index contributed by atoms with van der Waals surface area (Å²) < 4.78 is 146. The molecule has 0 aliphatic heterocycles. The fraction of sp³-hybridized carbons (Fsp3) is 1.00. The van der Waals surface area contributed by atoms with E-state index in [2.05, 4.69) is 4.74 Å². The summed E-state index contributed by atoms with van der Waals surface area (Å²) in [7, 11) is 0. The molecule has 0 aliphatic carbocycles. The molecule has 0 spiro atoms. The first-order valence-electron chi connectivity index (χ1n) is 4.32. The van der Waals surface area contributed by atoms with Crippen LogP contribution >= 0.6 is 0 Å². The Morgan fingerprint density at radius 1 is 0.650 bits per heavy atom. The molecule has 0 amide bonds. The fourth-order valence-corrected chi connectivity index (χ4v) is 0.779. The molecule has 0 heterocycles. The molecule has 0 saturated heterocycles. The van der Waals surface area contributed by atoms with E-state index in [0.29, 0.717) is 0 Å². The largest absolute Gasteiger partial charge is 0.459 e. The van der Waals surface area contributed by atoms with E-state index in [1.165, 1.54) is 0 Å². The minimum absolute atomic E-state index is 2.57. The van der Waals surface area contributed by atoms with Crippen molar-refractivity contribution in [2.45, 2.75) is 36.7 Å². The van der Waals surface area contributed by atoms with E-state index < -0.39 is 43.3 Å². The van der Waals surface area contributed by atoms with Crippen LogP contribution in [0.4, 0.5) is 52.7 Å². The van der Waals surface area contributed by atoms with Crippen LogP contribution in [0.3, 0.4) is 0 Å². The first kappa shape index (κ1) is 19.1. The van der Waals surface area contributed by atoms with Gasteiger partial charge in [0, 0.05) is 0 Å². The molecule has 0 aromatic heterocycles. The van der Waals surface area contributed by atoms with E-state index in [4.69, 9.17) is 0 Å². The van der Waals surface area contributed by atoms with Gasteiger partial charge < -0.3 is 4.74 Å². The highest BCUT2D eigenvalue weighted by Gasteiger charge is 2.73. The van der Waals surface area contributed by atoms with Crippen molar-refractivity contribution in [3.05, 3.63) is 0 Å². The van der Waals surface area contributed by atoms with Crippen LogP contribution in [0.25, 0.3) is 0 Å². The molecule has 0 radical (unpaired) electrons. The zero-order chi connectivity index (χ0) is 16.6. The second-order valence-electron chi connectivity index (χ2n) is 3.49. The first-order valence-corrected chi connectivity index (χ1v) is 4.32. The van der Waals surface area contributed by atoms with E-state index in [-0.39, 0.29) is 0 Å². The van der Waals surface area contributed by atoms with Crippen molar-refractivity contribution in [1.29, 1.82) is 0 Å². The molecule has 1 nitrogen and oxygen atoms in total. The Kier molecular flexibility index (Phi) is 4.92.